The lowest BCUT2D eigenvalue weighted by molar-refractivity contribution is -0.123. The van der Waals surface area contributed by atoms with Gasteiger partial charge in [0.15, 0.2) is 5.78 Å². The van der Waals surface area contributed by atoms with Gasteiger partial charge in [0.25, 0.3) is 5.91 Å². The molecule has 4 nitrogen and oxygen atoms in total. The van der Waals surface area contributed by atoms with Gasteiger partial charge in [0.2, 0.25) is 0 Å². The number of amides is 1. The summed E-state index contributed by atoms with van der Waals surface area (Å²) in [6, 6.07) is 2.68. The van der Waals surface area contributed by atoms with E-state index in [4.69, 9.17) is 0 Å². The molecule has 1 amide bonds. The van der Waals surface area contributed by atoms with Crippen LogP contribution >= 0.6 is 11.3 Å². The van der Waals surface area contributed by atoms with Gasteiger partial charge in [-0.05, 0) is 24.8 Å². The van der Waals surface area contributed by atoms with Crippen molar-refractivity contribution in [3.05, 3.63) is 22.4 Å². The molecule has 1 heterocycles. The van der Waals surface area contributed by atoms with Crippen molar-refractivity contribution in [1.29, 1.82) is 0 Å². The van der Waals surface area contributed by atoms with Crippen molar-refractivity contribution in [3.63, 3.8) is 0 Å². The van der Waals surface area contributed by atoms with E-state index >= 15 is 0 Å². The van der Waals surface area contributed by atoms with Crippen LogP contribution < -0.4 is 5.32 Å². The molecule has 0 aliphatic carbocycles. The average Bonchev–Trinajstić information content (AvgIpc) is 3.05. The van der Waals surface area contributed by atoms with E-state index in [0.29, 0.717) is 11.3 Å². The fourth-order valence-corrected chi connectivity index (χ4v) is 3.13. The number of thiophene rings is 1. The van der Waals surface area contributed by atoms with Gasteiger partial charge in [-0.15, -0.1) is 11.3 Å². The van der Waals surface area contributed by atoms with Crippen molar-refractivity contribution in [2.45, 2.75) is 77.4 Å². The Morgan fingerprint density at radius 1 is 1.17 bits per heavy atom. The van der Waals surface area contributed by atoms with Crippen molar-refractivity contribution in [1.82, 2.24) is 5.32 Å². The van der Waals surface area contributed by atoms with Crippen molar-refractivity contribution < 1.29 is 14.7 Å². The number of unbranched alkanes of at least 4 members (excludes halogenated alkanes) is 6. The van der Waals surface area contributed by atoms with Crippen LogP contribution in [0.25, 0.3) is 0 Å². The van der Waals surface area contributed by atoms with Gasteiger partial charge in [0, 0.05) is 6.42 Å². The van der Waals surface area contributed by atoms with Crippen molar-refractivity contribution in [3.8, 4) is 0 Å². The molecule has 0 bridgehead atoms. The first kappa shape index (κ1) is 19.8. The highest BCUT2D eigenvalue weighted by Crippen LogP contribution is 2.12. The second kappa shape index (κ2) is 11.4. The second-order valence-corrected chi connectivity index (χ2v) is 6.95. The summed E-state index contributed by atoms with van der Waals surface area (Å²) < 4.78 is 0. The predicted octanol–water partition coefficient (Wildman–Crippen LogP) is 3.94. The number of carbonyl (C=O) groups is 2. The number of hydrogen-bond acceptors (Lipinski definition) is 4. The Hall–Kier alpha value is -1.20. The third-order valence-electron chi connectivity index (χ3n) is 3.89. The van der Waals surface area contributed by atoms with Crippen LogP contribution in [0, 0.1) is 0 Å². The van der Waals surface area contributed by atoms with Gasteiger partial charge >= 0.3 is 0 Å². The molecule has 0 radical (unpaired) electrons. The first-order valence-corrected chi connectivity index (χ1v) is 9.49. The van der Waals surface area contributed by atoms with Crippen LogP contribution in [0.4, 0.5) is 0 Å². The predicted molar refractivity (Wildman–Crippen MR) is 94.9 cm³/mol. The van der Waals surface area contributed by atoms with E-state index in [1.165, 1.54) is 37.0 Å². The number of nitrogens with one attached hydrogen (secondary N) is 1. The van der Waals surface area contributed by atoms with Crippen LogP contribution in [0.3, 0.4) is 0 Å². The lowest BCUT2D eigenvalue weighted by Crippen LogP contribution is -2.47. The number of carbonyl (C=O) groups excluding carboxylic acids is 2. The Labute approximate surface area is 143 Å². The first-order chi connectivity index (χ1) is 11.1. The maximum absolute atomic E-state index is 12.3. The Morgan fingerprint density at radius 3 is 2.39 bits per heavy atom. The number of rotatable bonds is 12. The molecule has 0 fully saturated rings. The first-order valence-electron chi connectivity index (χ1n) is 8.61. The molecule has 5 heteroatoms. The zero-order valence-electron chi connectivity index (χ0n) is 14.2. The molecule has 2 N–H and O–H groups in total. The van der Waals surface area contributed by atoms with Crippen LogP contribution in [-0.2, 0) is 4.79 Å². The molecule has 1 aromatic heterocycles. The highest BCUT2D eigenvalue weighted by molar-refractivity contribution is 7.12. The summed E-state index contributed by atoms with van der Waals surface area (Å²) >= 11 is 1.32. The summed E-state index contributed by atoms with van der Waals surface area (Å²) in [6.07, 6.45) is 7.52. The normalized spacial score (nSPS) is 13.5. The highest BCUT2D eigenvalue weighted by Gasteiger charge is 2.25. The molecule has 0 unspecified atom stereocenters. The minimum absolute atomic E-state index is 0.0848. The highest BCUT2D eigenvalue weighted by atomic mass is 32.1. The summed E-state index contributed by atoms with van der Waals surface area (Å²) in [5.74, 6) is -0.378. The van der Waals surface area contributed by atoms with E-state index in [1.807, 2.05) is 5.38 Å². The summed E-state index contributed by atoms with van der Waals surface area (Å²) in [6.45, 7) is 3.74. The molecular weight excluding hydrogens is 310 g/mol. The van der Waals surface area contributed by atoms with Gasteiger partial charge in [-0.25, -0.2) is 0 Å². The Kier molecular flexibility index (Phi) is 9.80. The van der Waals surface area contributed by atoms with Gasteiger partial charge in [-0.3, -0.25) is 9.59 Å². The molecule has 0 aromatic carbocycles. The van der Waals surface area contributed by atoms with Crippen LogP contribution in [0.15, 0.2) is 17.5 Å². The fraction of sp³-hybridized carbons (Fsp3) is 0.667. The molecule has 0 saturated heterocycles. The van der Waals surface area contributed by atoms with Crippen molar-refractivity contribution >= 4 is 23.0 Å². The van der Waals surface area contributed by atoms with Crippen LogP contribution in [-0.4, -0.2) is 28.9 Å². The van der Waals surface area contributed by atoms with E-state index in [-0.39, 0.29) is 11.7 Å². The molecule has 23 heavy (non-hydrogen) atoms. The fourth-order valence-electron chi connectivity index (χ4n) is 2.50. The van der Waals surface area contributed by atoms with E-state index in [1.54, 1.807) is 19.1 Å². The van der Waals surface area contributed by atoms with Crippen LogP contribution in [0.1, 0.15) is 74.9 Å². The van der Waals surface area contributed by atoms with Gasteiger partial charge in [0.1, 0.15) is 6.04 Å². The van der Waals surface area contributed by atoms with Gasteiger partial charge in [0.05, 0.1) is 11.0 Å². The maximum atomic E-state index is 12.3. The van der Waals surface area contributed by atoms with Crippen molar-refractivity contribution in [2.24, 2.45) is 0 Å². The summed E-state index contributed by atoms with van der Waals surface area (Å²) in [5.41, 5.74) is 0. The van der Waals surface area contributed by atoms with Gasteiger partial charge in [-0.1, -0.05) is 51.5 Å². The Bertz CT molecular complexity index is 457. The van der Waals surface area contributed by atoms with E-state index < -0.39 is 12.1 Å². The zero-order chi connectivity index (χ0) is 17.1. The average molecular weight is 340 g/mol. The number of Topliss-reactive ketones (excluding diaryl/α,β-unsaturated/α-hetero) is 1. The molecule has 1 rings (SSSR count). The molecule has 0 saturated carbocycles. The standard InChI is InChI=1S/C18H29NO3S/c1-3-4-5-6-7-8-9-11-15(21)17(14(2)20)19-18(22)16-12-10-13-23-16/h10,12-14,17,20H,3-9,11H2,1-2H3,(H,19,22)/t14-,17-/m1/s1. The molecule has 0 aliphatic heterocycles. The van der Waals surface area contributed by atoms with Crippen LogP contribution in [0.5, 0.6) is 0 Å². The molecule has 1 aromatic rings. The SMILES string of the molecule is CCCCCCCCCC(=O)[C@H](NC(=O)c1cccs1)[C@@H](C)O. The third-order valence-corrected chi connectivity index (χ3v) is 4.76. The van der Waals surface area contributed by atoms with Crippen molar-refractivity contribution in [2.75, 3.05) is 0 Å². The lowest BCUT2D eigenvalue weighted by Gasteiger charge is -2.20. The number of hydrogen-bond donors (Lipinski definition) is 2. The lowest BCUT2D eigenvalue weighted by atomic mass is 10.0. The third kappa shape index (κ3) is 7.75. The van der Waals surface area contributed by atoms with E-state index in [9.17, 15) is 14.7 Å². The molecule has 2 atom stereocenters. The number of aliphatic hydroxyl groups excluding tert-OH is 1. The summed E-state index contributed by atoms with van der Waals surface area (Å²) in [7, 11) is 0. The topological polar surface area (TPSA) is 66.4 Å². The van der Waals surface area contributed by atoms with Crippen LogP contribution in [0.2, 0.25) is 0 Å². The zero-order valence-corrected chi connectivity index (χ0v) is 15.0. The summed E-state index contributed by atoms with van der Waals surface area (Å²) in [4.78, 5) is 24.8. The Morgan fingerprint density at radius 2 is 1.83 bits per heavy atom. The second-order valence-electron chi connectivity index (χ2n) is 6.01. The largest absolute Gasteiger partial charge is 0.391 e. The molecule has 0 spiro atoms. The summed E-state index contributed by atoms with van der Waals surface area (Å²) in [5, 5.41) is 14.3. The van der Waals surface area contributed by atoms with Gasteiger partial charge < -0.3 is 10.4 Å². The van der Waals surface area contributed by atoms with E-state index in [0.717, 1.165) is 19.3 Å². The monoisotopic (exact) mass is 339 g/mol. The minimum atomic E-state index is -0.879. The Balaban J connectivity index is 2.33. The smallest absolute Gasteiger partial charge is 0.262 e. The number of ketones is 1. The molecule has 130 valence electrons. The van der Waals surface area contributed by atoms with Gasteiger partial charge in [-0.2, -0.15) is 0 Å². The molecule has 0 aliphatic rings. The maximum Gasteiger partial charge on any atom is 0.262 e. The minimum Gasteiger partial charge on any atom is -0.391 e. The molecular formula is C18H29NO3S. The van der Waals surface area contributed by atoms with E-state index in [2.05, 4.69) is 12.2 Å². The quantitative estimate of drug-likeness (QED) is 0.567. The number of aliphatic hydroxyl groups is 1.